The predicted molar refractivity (Wildman–Crippen MR) is 60.3 cm³/mol. The maximum atomic E-state index is 11.1. The van der Waals surface area contributed by atoms with Crippen LogP contribution in [0.4, 0.5) is 0 Å². The maximum absolute atomic E-state index is 11.1. The van der Waals surface area contributed by atoms with Crippen molar-refractivity contribution in [1.82, 2.24) is 0 Å². The van der Waals surface area contributed by atoms with Crippen LogP contribution >= 0.6 is 0 Å². The van der Waals surface area contributed by atoms with E-state index in [0.29, 0.717) is 11.3 Å². The van der Waals surface area contributed by atoms with Crippen LogP contribution in [0.5, 0.6) is 0 Å². The number of benzene rings is 1. The largest absolute Gasteiger partial charge is 0.411 e. The number of nitro groups is 1. The van der Waals surface area contributed by atoms with Crippen molar-refractivity contribution in [1.29, 1.82) is 0 Å². The second-order valence-corrected chi connectivity index (χ2v) is 3.91. The Hall–Kier alpha value is -1.91. The van der Waals surface area contributed by atoms with Gasteiger partial charge in [0.2, 0.25) is 5.54 Å². The SMILES string of the molecule is C/C(CC(C)(c1ccccc1)[N+](=O)[O-])=N\O. The van der Waals surface area contributed by atoms with E-state index in [4.69, 9.17) is 5.21 Å². The Morgan fingerprint density at radius 3 is 2.50 bits per heavy atom. The van der Waals surface area contributed by atoms with Gasteiger partial charge in [0.05, 0.1) is 12.1 Å². The minimum Gasteiger partial charge on any atom is -0.411 e. The van der Waals surface area contributed by atoms with Gasteiger partial charge in [-0.1, -0.05) is 35.5 Å². The van der Waals surface area contributed by atoms with Gasteiger partial charge in [0.15, 0.2) is 0 Å². The Morgan fingerprint density at radius 1 is 1.50 bits per heavy atom. The highest BCUT2D eigenvalue weighted by Crippen LogP contribution is 2.28. The summed E-state index contributed by atoms with van der Waals surface area (Å²) in [6, 6.07) is 8.71. The summed E-state index contributed by atoms with van der Waals surface area (Å²) >= 11 is 0. The molecule has 5 heteroatoms. The molecule has 1 aromatic carbocycles. The fraction of sp³-hybridized carbons (Fsp3) is 0.364. The molecule has 1 unspecified atom stereocenters. The third-order valence-corrected chi connectivity index (χ3v) is 2.57. The normalized spacial score (nSPS) is 15.5. The van der Waals surface area contributed by atoms with E-state index in [-0.39, 0.29) is 11.3 Å². The zero-order chi connectivity index (χ0) is 12.2. The first-order valence-electron chi connectivity index (χ1n) is 4.88. The first kappa shape index (κ1) is 12.2. The van der Waals surface area contributed by atoms with Crippen molar-refractivity contribution in [2.24, 2.45) is 5.16 Å². The van der Waals surface area contributed by atoms with Crippen LogP contribution in [0.2, 0.25) is 0 Å². The van der Waals surface area contributed by atoms with Gasteiger partial charge in [-0.15, -0.1) is 0 Å². The van der Waals surface area contributed by atoms with Gasteiger partial charge in [0.25, 0.3) is 0 Å². The van der Waals surface area contributed by atoms with E-state index in [0.717, 1.165) is 0 Å². The summed E-state index contributed by atoms with van der Waals surface area (Å²) in [6.07, 6.45) is 0.0838. The molecule has 0 spiro atoms. The van der Waals surface area contributed by atoms with E-state index in [1.165, 1.54) is 6.92 Å². The monoisotopic (exact) mass is 222 g/mol. The first-order valence-corrected chi connectivity index (χ1v) is 4.88. The molecule has 0 saturated heterocycles. The summed E-state index contributed by atoms with van der Waals surface area (Å²) in [6.45, 7) is 3.09. The maximum Gasteiger partial charge on any atom is 0.249 e. The third-order valence-electron chi connectivity index (χ3n) is 2.57. The number of hydrogen-bond donors (Lipinski definition) is 1. The van der Waals surface area contributed by atoms with Crippen LogP contribution in [0.15, 0.2) is 35.5 Å². The number of rotatable bonds is 4. The molecule has 1 rings (SSSR count). The van der Waals surface area contributed by atoms with E-state index in [2.05, 4.69) is 5.16 Å². The molecule has 0 heterocycles. The van der Waals surface area contributed by atoms with Gasteiger partial charge in [-0.2, -0.15) is 0 Å². The van der Waals surface area contributed by atoms with Crippen LogP contribution in [-0.4, -0.2) is 15.8 Å². The number of hydrogen-bond acceptors (Lipinski definition) is 4. The van der Waals surface area contributed by atoms with Crippen LogP contribution in [-0.2, 0) is 5.54 Å². The topological polar surface area (TPSA) is 75.7 Å². The van der Waals surface area contributed by atoms with Crippen LogP contribution in [0.1, 0.15) is 25.8 Å². The zero-order valence-electron chi connectivity index (χ0n) is 9.25. The quantitative estimate of drug-likeness (QED) is 0.368. The second kappa shape index (κ2) is 4.74. The number of nitrogens with zero attached hydrogens (tertiary/aromatic N) is 2. The Bertz CT molecular complexity index is 403. The van der Waals surface area contributed by atoms with Gasteiger partial charge in [0.1, 0.15) is 0 Å². The van der Waals surface area contributed by atoms with Crippen molar-refractivity contribution < 1.29 is 10.1 Å². The second-order valence-electron chi connectivity index (χ2n) is 3.91. The van der Waals surface area contributed by atoms with E-state index in [9.17, 15) is 10.1 Å². The molecule has 1 aromatic rings. The van der Waals surface area contributed by atoms with Crippen LogP contribution in [0.3, 0.4) is 0 Å². The highest BCUT2D eigenvalue weighted by molar-refractivity contribution is 5.82. The highest BCUT2D eigenvalue weighted by Gasteiger charge is 2.39. The lowest BCUT2D eigenvalue weighted by Crippen LogP contribution is -2.34. The zero-order valence-corrected chi connectivity index (χ0v) is 9.25. The smallest absolute Gasteiger partial charge is 0.249 e. The van der Waals surface area contributed by atoms with Crippen molar-refractivity contribution in [2.75, 3.05) is 0 Å². The van der Waals surface area contributed by atoms with Gasteiger partial charge < -0.3 is 5.21 Å². The van der Waals surface area contributed by atoms with Crippen molar-refractivity contribution in [2.45, 2.75) is 25.8 Å². The molecule has 0 radical (unpaired) electrons. The summed E-state index contributed by atoms with van der Waals surface area (Å²) in [5.74, 6) is 0. The average molecular weight is 222 g/mol. The summed E-state index contributed by atoms with van der Waals surface area (Å²) < 4.78 is 0. The average Bonchev–Trinajstić information content (AvgIpc) is 2.29. The molecule has 0 aromatic heterocycles. The van der Waals surface area contributed by atoms with E-state index >= 15 is 0 Å². The molecule has 0 aliphatic carbocycles. The lowest BCUT2D eigenvalue weighted by molar-refractivity contribution is -0.572. The van der Waals surface area contributed by atoms with Gasteiger partial charge >= 0.3 is 0 Å². The molecular formula is C11H14N2O3. The van der Waals surface area contributed by atoms with E-state index in [1.807, 2.05) is 0 Å². The molecule has 5 nitrogen and oxygen atoms in total. The minimum atomic E-state index is -1.25. The Morgan fingerprint density at radius 2 is 2.06 bits per heavy atom. The molecule has 0 saturated carbocycles. The van der Waals surface area contributed by atoms with E-state index < -0.39 is 5.54 Å². The molecule has 0 bridgehead atoms. The molecule has 0 amide bonds. The Kier molecular flexibility index (Phi) is 3.60. The molecule has 0 aliphatic rings. The summed E-state index contributed by atoms with van der Waals surface area (Å²) in [5, 5.41) is 22.7. The molecular weight excluding hydrogens is 208 g/mol. The lowest BCUT2D eigenvalue weighted by atomic mass is 9.88. The molecule has 86 valence electrons. The fourth-order valence-corrected chi connectivity index (χ4v) is 1.60. The van der Waals surface area contributed by atoms with Crippen LogP contribution in [0.25, 0.3) is 0 Å². The molecule has 0 aliphatic heterocycles. The Balaban J connectivity index is 3.12. The van der Waals surface area contributed by atoms with Crippen LogP contribution in [0, 0.1) is 10.1 Å². The van der Waals surface area contributed by atoms with E-state index in [1.54, 1.807) is 37.3 Å². The molecule has 1 atom stereocenters. The molecule has 16 heavy (non-hydrogen) atoms. The van der Waals surface area contributed by atoms with Crippen molar-refractivity contribution in [3.63, 3.8) is 0 Å². The molecule has 0 fully saturated rings. The summed E-state index contributed by atoms with van der Waals surface area (Å²) in [5.41, 5.74) is -0.316. The van der Waals surface area contributed by atoms with Gasteiger partial charge in [-0.05, 0) is 6.92 Å². The standard InChI is InChI=1S/C11H14N2O3/c1-9(12-14)8-11(2,13(15)16)10-6-4-3-5-7-10/h3-7,14H,8H2,1-2H3/b12-9+. The van der Waals surface area contributed by atoms with Gasteiger partial charge in [0, 0.05) is 17.4 Å². The first-order chi connectivity index (χ1) is 7.50. The summed E-state index contributed by atoms with van der Waals surface area (Å²) in [7, 11) is 0. The number of oxime groups is 1. The molecule has 1 N–H and O–H groups in total. The van der Waals surface area contributed by atoms with Crippen molar-refractivity contribution in [3.05, 3.63) is 46.0 Å². The predicted octanol–water partition coefficient (Wildman–Crippen LogP) is 2.42. The lowest BCUT2D eigenvalue weighted by Gasteiger charge is -2.20. The third kappa shape index (κ3) is 2.36. The van der Waals surface area contributed by atoms with Gasteiger partial charge in [-0.25, -0.2) is 0 Å². The fourth-order valence-electron chi connectivity index (χ4n) is 1.60. The minimum absolute atomic E-state index is 0.0838. The highest BCUT2D eigenvalue weighted by atomic mass is 16.6. The van der Waals surface area contributed by atoms with Crippen LogP contribution < -0.4 is 0 Å². The summed E-state index contributed by atoms with van der Waals surface area (Å²) in [4.78, 5) is 10.8. The van der Waals surface area contributed by atoms with Gasteiger partial charge in [-0.3, -0.25) is 10.1 Å². The van der Waals surface area contributed by atoms with Crippen molar-refractivity contribution in [3.8, 4) is 0 Å². The van der Waals surface area contributed by atoms with Crippen molar-refractivity contribution >= 4 is 5.71 Å². The Labute approximate surface area is 93.6 Å².